The molecule has 22 heavy (non-hydrogen) atoms. The first-order chi connectivity index (χ1) is 10.3. The van der Waals surface area contributed by atoms with Gasteiger partial charge >= 0.3 is 0 Å². The lowest BCUT2D eigenvalue weighted by atomic mass is 9.96. The molecule has 3 saturated heterocycles. The van der Waals surface area contributed by atoms with Crippen molar-refractivity contribution in [1.29, 1.82) is 0 Å². The van der Waals surface area contributed by atoms with E-state index in [4.69, 9.17) is 0 Å². The highest BCUT2D eigenvalue weighted by Gasteiger charge is 2.38. The maximum Gasteiger partial charge on any atom is 0.243 e. The summed E-state index contributed by atoms with van der Waals surface area (Å²) in [4.78, 5) is 2.85. The van der Waals surface area contributed by atoms with E-state index in [1.165, 1.54) is 0 Å². The number of hydrogen-bond acceptors (Lipinski definition) is 3. The second-order valence-corrected chi connectivity index (χ2v) is 8.96. The van der Waals surface area contributed by atoms with Gasteiger partial charge in [0.25, 0.3) is 0 Å². The molecule has 3 heterocycles. The molecule has 0 saturated carbocycles. The summed E-state index contributed by atoms with van der Waals surface area (Å²) < 4.78 is 28.2. The number of benzene rings is 1. The Hall–Kier alpha value is -0.910. The van der Waals surface area contributed by atoms with Crippen LogP contribution in [-0.4, -0.2) is 50.3 Å². The van der Waals surface area contributed by atoms with E-state index in [-0.39, 0.29) is 0 Å². The van der Waals surface area contributed by atoms with E-state index in [9.17, 15) is 8.42 Å². The predicted molar refractivity (Wildman–Crippen MR) is 88.6 cm³/mol. The molecule has 0 aliphatic carbocycles. The average molecular weight is 322 g/mol. The molecule has 4 nitrogen and oxygen atoms in total. The molecule has 0 radical (unpaired) electrons. The van der Waals surface area contributed by atoms with Crippen molar-refractivity contribution in [3.63, 3.8) is 0 Å². The van der Waals surface area contributed by atoms with Gasteiger partial charge in [-0.05, 0) is 57.7 Å². The van der Waals surface area contributed by atoms with Gasteiger partial charge in [-0.1, -0.05) is 17.7 Å². The van der Waals surface area contributed by atoms with Crippen LogP contribution in [0.4, 0.5) is 0 Å². The van der Waals surface area contributed by atoms with Gasteiger partial charge < -0.3 is 4.90 Å². The molecule has 3 fully saturated rings. The monoisotopic (exact) mass is 322 g/mol. The number of sulfonamides is 1. The summed E-state index contributed by atoms with van der Waals surface area (Å²) in [5, 5.41) is 0. The van der Waals surface area contributed by atoms with Crippen molar-refractivity contribution in [3.8, 4) is 0 Å². The second-order valence-electron chi connectivity index (χ2n) is 7.09. The quantitative estimate of drug-likeness (QED) is 0.839. The maximum absolute atomic E-state index is 13.2. The van der Waals surface area contributed by atoms with Crippen molar-refractivity contribution in [2.24, 2.45) is 5.92 Å². The van der Waals surface area contributed by atoms with Crippen LogP contribution in [0.1, 0.15) is 29.5 Å². The second kappa shape index (κ2) is 5.62. The van der Waals surface area contributed by atoms with Gasteiger partial charge in [0.15, 0.2) is 0 Å². The van der Waals surface area contributed by atoms with Crippen LogP contribution in [0, 0.1) is 26.7 Å². The molecule has 1 aromatic carbocycles. The van der Waals surface area contributed by atoms with E-state index in [1.54, 1.807) is 4.31 Å². The Balaban J connectivity index is 2.00. The number of nitrogens with zero attached hydrogens (tertiary/aromatic N) is 2. The molecule has 5 heteroatoms. The van der Waals surface area contributed by atoms with Crippen LogP contribution in [0.25, 0.3) is 0 Å². The van der Waals surface area contributed by atoms with Crippen LogP contribution in [0.2, 0.25) is 0 Å². The zero-order valence-corrected chi connectivity index (χ0v) is 14.8. The molecule has 0 aromatic heterocycles. The number of rotatable bonds is 2. The van der Waals surface area contributed by atoms with Crippen molar-refractivity contribution in [1.82, 2.24) is 9.21 Å². The zero-order valence-electron chi connectivity index (χ0n) is 14.0. The summed E-state index contributed by atoms with van der Waals surface area (Å²) in [5.74, 6) is 0.463. The van der Waals surface area contributed by atoms with Gasteiger partial charge in [-0.25, -0.2) is 8.42 Å². The SMILES string of the molecule is Cc1cc(C)c(S(=O)(=O)N2C[C@@H]3CC[C@H](C2)N(C)C3)c(C)c1. The van der Waals surface area contributed by atoms with Gasteiger partial charge in [-0.15, -0.1) is 0 Å². The summed E-state index contributed by atoms with van der Waals surface area (Å²) in [7, 11) is -1.29. The molecule has 0 unspecified atom stereocenters. The van der Waals surface area contributed by atoms with Gasteiger partial charge in [0.05, 0.1) is 4.90 Å². The highest BCUT2D eigenvalue weighted by molar-refractivity contribution is 7.89. The Morgan fingerprint density at radius 1 is 1.00 bits per heavy atom. The van der Waals surface area contributed by atoms with Crippen molar-refractivity contribution in [3.05, 3.63) is 28.8 Å². The molecular weight excluding hydrogens is 296 g/mol. The normalized spacial score (nSPS) is 27.1. The first-order valence-corrected chi connectivity index (χ1v) is 9.51. The number of hydrogen-bond donors (Lipinski definition) is 0. The summed E-state index contributed by atoms with van der Waals surface area (Å²) in [6, 6.07) is 4.30. The molecule has 0 amide bonds. The first-order valence-electron chi connectivity index (χ1n) is 8.07. The summed E-state index contributed by atoms with van der Waals surface area (Å²) in [5.41, 5.74) is 2.84. The third-order valence-electron chi connectivity index (χ3n) is 5.16. The van der Waals surface area contributed by atoms with Crippen molar-refractivity contribution < 1.29 is 8.42 Å². The summed E-state index contributed by atoms with van der Waals surface area (Å²) in [6.07, 6.45) is 2.26. The largest absolute Gasteiger partial charge is 0.302 e. The minimum atomic E-state index is -3.41. The van der Waals surface area contributed by atoms with Crippen LogP contribution < -0.4 is 0 Å². The molecule has 0 spiro atoms. The maximum atomic E-state index is 13.2. The lowest BCUT2D eigenvalue weighted by molar-refractivity contribution is 0.168. The average Bonchev–Trinajstić information content (AvgIpc) is 2.68. The Morgan fingerprint density at radius 2 is 1.64 bits per heavy atom. The molecule has 3 aliphatic rings. The lowest BCUT2D eigenvalue weighted by Gasteiger charge is -2.32. The fourth-order valence-corrected chi connectivity index (χ4v) is 6.14. The smallest absolute Gasteiger partial charge is 0.243 e. The molecule has 2 atom stereocenters. The van der Waals surface area contributed by atoms with Gasteiger partial charge in [0.2, 0.25) is 10.0 Å². The van der Waals surface area contributed by atoms with E-state index in [0.29, 0.717) is 29.9 Å². The third kappa shape index (κ3) is 2.70. The van der Waals surface area contributed by atoms with Crippen LogP contribution in [0.5, 0.6) is 0 Å². The van der Waals surface area contributed by atoms with Gasteiger partial charge in [-0.2, -0.15) is 4.31 Å². The Labute approximate surface area is 134 Å². The van der Waals surface area contributed by atoms with Crippen LogP contribution in [0.3, 0.4) is 0 Å². The molecule has 3 aliphatic heterocycles. The first kappa shape index (κ1) is 16.0. The topological polar surface area (TPSA) is 40.6 Å². The Kier molecular flexibility index (Phi) is 4.08. The number of likely N-dealkylation sites (N-methyl/N-ethyl adjacent to an activating group) is 1. The van der Waals surface area contributed by atoms with E-state index in [2.05, 4.69) is 11.9 Å². The van der Waals surface area contributed by atoms with Crippen LogP contribution in [0.15, 0.2) is 17.0 Å². The van der Waals surface area contributed by atoms with E-state index in [1.807, 2.05) is 32.9 Å². The number of piperidine rings is 1. The molecule has 2 bridgehead atoms. The minimum Gasteiger partial charge on any atom is -0.302 e. The van der Waals surface area contributed by atoms with Crippen LogP contribution in [-0.2, 0) is 10.0 Å². The highest BCUT2D eigenvalue weighted by atomic mass is 32.2. The van der Waals surface area contributed by atoms with Crippen molar-refractivity contribution >= 4 is 10.0 Å². The van der Waals surface area contributed by atoms with Gasteiger partial charge in [0.1, 0.15) is 0 Å². The lowest BCUT2D eigenvalue weighted by Crippen LogP contribution is -2.42. The van der Waals surface area contributed by atoms with Crippen LogP contribution >= 0.6 is 0 Å². The molecular formula is C17H26N2O2S. The number of aryl methyl sites for hydroxylation is 3. The van der Waals surface area contributed by atoms with Crippen molar-refractivity contribution in [2.75, 3.05) is 26.7 Å². The summed E-state index contributed by atoms with van der Waals surface area (Å²) >= 11 is 0. The fraction of sp³-hybridized carbons (Fsp3) is 0.647. The predicted octanol–water partition coefficient (Wildman–Crippen LogP) is 2.33. The highest BCUT2D eigenvalue weighted by Crippen LogP contribution is 2.32. The van der Waals surface area contributed by atoms with Crippen molar-refractivity contribution in [2.45, 2.75) is 44.6 Å². The fourth-order valence-electron chi connectivity index (χ4n) is 4.17. The minimum absolute atomic E-state index is 0.361. The molecule has 1 aromatic rings. The van der Waals surface area contributed by atoms with Gasteiger partial charge in [0, 0.05) is 25.7 Å². The standard InChI is InChI=1S/C17H26N2O2S/c1-12-7-13(2)17(14(3)8-12)22(20,21)19-10-15-5-6-16(11-19)18(4)9-15/h7-8,15-16H,5-6,9-11H2,1-4H3/t15-,16-/m1/s1. The zero-order chi connectivity index (χ0) is 16.1. The van der Waals surface area contributed by atoms with E-state index < -0.39 is 10.0 Å². The Morgan fingerprint density at radius 3 is 2.23 bits per heavy atom. The third-order valence-corrected chi connectivity index (χ3v) is 7.29. The van der Waals surface area contributed by atoms with E-state index >= 15 is 0 Å². The summed E-state index contributed by atoms with van der Waals surface area (Å²) in [6.45, 7) is 8.13. The van der Waals surface area contributed by atoms with Gasteiger partial charge in [-0.3, -0.25) is 0 Å². The Bertz CT molecular complexity index is 661. The molecule has 0 N–H and O–H groups in total. The molecule has 4 rings (SSSR count). The molecule has 122 valence electrons. The van der Waals surface area contributed by atoms with E-state index in [0.717, 1.165) is 36.1 Å². The number of fused-ring (bicyclic) bond motifs is 4.